The number of amides is 1. The molecule has 0 saturated carbocycles. The molecule has 1 aliphatic rings. The van der Waals surface area contributed by atoms with Crippen LogP contribution >= 0.6 is 0 Å². The van der Waals surface area contributed by atoms with Crippen molar-refractivity contribution in [3.05, 3.63) is 75.8 Å². The number of hydrogen-bond donors (Lipinski definition) is 0. The van der Waals surface area contributed by atoms with Gasteiger partial charge in [-0.15, -0.1) is 0 Å². The molecule has 1 aliphatic heterocycles. The first kappa shape index (κ1) is 19.7. The number of nitro benzene ring substituents is 1. The highest BCUT2D eigenvalue weighted by Crippen LogP contribution is 2.41. The maximum Gasteiger partial charge on any atom is 0.272 e. The maximum atomic E-state index is 13.2. The molecule has 2 unspecified atom stereocenters. The van der Waals surface area contributed by atoms with E-state index in [9.17, 15) is 25.4 Å². The first-order valence-corrected chi connectivity index (χ1v) is 8.91. The Morgan fingerprint density at radius 1 is 1.14 bits per heavy atom. The van der Waals surface area contributed by atoms with E-state index in [-0.39, 0.29) is 23.7 Å². The summed E-state index contributed by atoms with van der Waals surface area (Å²) in [4.78, 5) is 24.1. The molecular weight excluding hydrogens is 370 g/mol. The van der Waals surface area contributed by atoms with Crippen molar-refractivity contribution in [3.63, 3.8) is 0 Å². The second-order valence-electron chi connectivity index (χ2n) is 6.68. The Morgan fingerprint density at radius 3 is 2.38 bits per heavy atom. The quantitative estimate of drug-likeness (QED) is 0.555. The lowest BCUT2D eigenvalue weighted by Crippen LogP contribution is -2.34. The van der Waals surface area contributed by atoms with E-state index in [0.717, 1.165) is 5.56 Å². The SMILES string of the molecule is CC1=NN(Cc2ccccc2)C(=O)C1C(c1ccccc1[N+](=O)[O-])C(C#N)C#N. The summed E-state index contributed by atoms with van der Waals surface area (Å²) < 4.78 is 0. The highest BCUT2D eigenvalue weighted by molar-refractivity contribution is 6.08. The number of nitro groups is 1. The number of carbonyl (C=O) groups is 1. The molecule has 0 aromatic heterocycles. The van der Waals surface area contributed by atoms with Crippen LogP contribution in [0.15, 0.2) is 59.7 Å². The lowest BCUT2D eigenvalue weighted by atomic mass is 9.75. The summed E-state index contributed by atoms with van der Waals surface area (Å²) in [5.41, 5.74) is 1.25. The van der Waals surface area contributed by atoms with Gasteiger partial charge in [-0.2, -0.15) is 15.6 Å². The molecule has 2 aromatic rings. The zero-order valence-corrected chi connectivity index (χ0v) is 15.6. The Balaban J connectivity index is 2.03. The Morgan fingerprint density at radius 2 is 1.76 bits per heavy atom. The first-order chi connectivity index (χ1) is 14.0. The summed E-state index contributed by atoms with van der Waals surface area (Å²) >= 11 is 0. The van der Waals surface area contributed by atoms with Crippen molar-refractivity contribution in [3.8, 4) is 12.1 Å². The highest BCUT2D eigenvalue weighted by atomic mass is 16.6. The standard InChI is InChI=1S/C21H17N5O3/c1-14-19(21(27)25(24-14)13-15-7-3-2-4-8-15)20(16(11-22)12-23)17-9-5-6-10-18(17)26(28)29/h2-10,16,19-20H,13H2,1H3. The van der Waals surface area contributed by atoms with Crippen LogP contribution in [0, 0.1) is 44.6 Å². The van der Waals surface area contributed by atoms with Crippen LogP contribution in [0.25, 0.3) is 0 Å². The van der Waals surface area contributed by atoms with Crippen LogP contribution in [0.4, 0.5) is 5.69 Å². The third-order valence-corrected chi connectivity index (χ3v) is 4.91. The van der Waals surface area contributed by atoms with Crippen molar-refractivity contribution >= 4 is 17.3 Å². The van der Waals surface area contributed by atoms with Crippen molar-refractivity contribution in [1.82, 2.24) is 5.01 Å². The van der Waals surface area contributed by atoms with Crippen LogP contribution in [0.2, 0.25) is 0 Å². The second kappa shape index (κ2) is 8.32. The van der Waals surface area contributed by atoms with Crippen LogP contribution < -0.4 is 0 Å². The van der Waals surface area contributed by atoms with Gasteiger partial charge in [0.15, 0.2) is 0 Å². The number of hydrazone groups is 1. The van der Waals surface area contributed by atoms with Gasteiger partial charge in [0.1, 0.15) is 5.92 Å². The number of rotatable bonds is 6. The fraction of sp³-hybridized carbons (Fsp3) is 0.238. The minimum absolute atomic E-state index is 0.181. The normalized spacial score (nSPS) is 16.8. The van der Waals surface area contributed by atoms with E-state index >= 15 is 0 Å². The van der Waals surface area contributed by atoms with Crippen molar-refractivity contribution in [2.45, 2.75) is 19.4 Å². The second-order valence-corrected chi connectivity index (χ2v) is 6.68. The van der Waals surface area contributed by atoms with Crippen molar-refractivity contribution < 1.29 is 9.72 Å². The molecule has 8 nitrogen and oxygen atoms in total. The highest BCUT2D eigenvalue weighted by Gasteiger charge is 2.45. The van der Waals surface area contributed by atoms with E-state index in [4.69, 9.17) is 0 Å². The van der Waals surface area contributed by atoms with Crippen LogP contribution in [-0.2, 0) is 11.3 Å². The smallest absolute Gasteiger partial charge is 0.272 e. The monoisotopic (exact) mass is 387 g/mol. The Bertz CT molecular complexity index is 1040. The largest absolute Gasteiger partial charge is 0.272 e. The zero-order valence-electron chi connectivity index (χ0n) is 15.6. The molecule has 3 rings (SSSR count). The van der Waals surface area contributed by atoms with Crippen molar-refractivity contribution in [2.75, 3.05) is 0 Å². The summed E-state index contributed by atoms with van der Waals surface area (Å²) in [6.45, 7) is 1.88. The summed E-state index contributed by atoms with van der Waals surface area (Å²) in [7, 11) is 0. The molecule has 2 aromatic carbocycles. The molecule has 0 aliphatic carbocycles. The lowest BCUT2D eigenvalue weighted by Gasteiger charge is -2.24. The molecule has 0 spiro atoms. The molecular formula is C21H17N5O3. The van der Waals surface area contributed by atoms with Crippen LogP contribution in [0.1, 0.15) is 24.0 Å². The molecule has 0 N–H and O–H groups in total. The van der Waals surface area contributed by atoms with Gasteiger partial charge >= 0.3 is 0 Å². The number of hydrogen-bond acceptors (Lipinski definition) is 6. The van der Waals surface area contributed by atoms with E-state index in [1.807, 2.05) is 42.5 Å². The number of benzene rings is 2. The van der Waals surface area contributed by atoms with E-state index in [1.165, 1.54) is 23.2 Å². The fourth-order valence-electron chi connectivity index (χ4n) is 3.60. The molecule has 0 radical (unpaired) electrons. The Kier molecular flexibility index (Phi) is 5.66. The average molecular weight is 387 g/mol. The minimum atomic E-state index is -1.24. The van der Waals surface area contributed by atoms with E-state index in [2.05, 4.69) is 5.10 Å². The predicted octanol–water partition coefficient (Wildman–Crippen LogP) is 3.38. The van der Waals surface area contributed by atoms with Gasteiger partial charge in [-0.05, 0) is 12.5 Å². The van der Waals surface area contributed by atoms with E-state index in [0.29, 0.717) is 5.71 Å². The maximum absolute atomic E-state index is 13.2. The summed E-state index contributed by atoms with van der Waals surface area (Å²) in [5, 5.41) is 36.2. The molecule has 1 heterocycles. The van der Waals surface area contributed by atoms with Gasteiger partial charge in [0.2, 0.25) is 0 Å². The molecule has 0 saturated heterocycles. The number of para-hydroxylation sites is 1. The summed E-state index contributed by atoms with van der Waals surface area (Å²) in [6, 6.07) is 19.0. The number of nitrogens with zero attached hydrogens (tertiary/aromatic N) is 5. The van der Waals surface area contributed by atoms with Crippen molar-refractivity contribution in [1.29, 1.82) is 10.5 Å². The van der Waals surface area contributed by atoms with E-state index < -0.39 is 22.7 Å². The van der Waals surface area contributed by atoms with Gasteiger partial charge < -0.3 is 0 Å². The number of carbonyl (C=O) groups excluding carboxylic acids is 1. The van der Waals surface area contributed by atoms with Crippen LogP contribution in [-0.4, -0.2) is 21.6 Å². The van der Waals surface area contributed by atoms with Crippen LogP contribution in [0.5, 0.6) is 0 Å². The van der Waals surface area contributed by atoms with Gasteiger partial charge in [0.05, 0.1) is 29.5 Å². The van der Waals surface area contributed by atoms with Gasteiger partial charge in [-0.25, -0.2) is 5.01 Å². The summed E-state index contributed by atoms with van der Waals surface area (Å²) in [5.74, 6) is -3.55. The lowest BCUT2D eigenvalue weighted by molar-refractivity contribution is -0.385. The molecule has 0 bridgehead atoms. The average Bonchev–Trinajstić information content (AvgIpc) is 3.00. The minimum Gasteiger partial charge on any atom is -0.272 e. The molecule has 144 valence electrons. The molecule has 2 atom stereocenters. The molecule has 29 heavy (non-hydrogen) atoms. The number of nitriles is 2. The first-order valence-electron chi connectivity index (χ1n) is 8.91. The Labute approximate surface area is 167 Å². The third-order valence-electron chi connectivity index (χ3n) is 4.91. The molecule has 1 amide bonds. The van der Waals surface area contributed by atoms with Gasteiger partial charge in [0.25, 0.3) is 11.6 Å². The summed E-state index contributed by atoms with van der Waals surface area (Å²) in [6.07, 6.45) is 0. The van der Waals surface area contributed by atoms with Crippen LogP contribution in [0.3, 0.4) is 0 Å². The predicted molar refractivity (Wildman–Crippen MR) is 104 cm³/mol. The molecule has 8 heteroatoms. The molecule has 0 fully saturated rings. The fourth-order valence-corrected chi connectivity index (χ4v) is 3.60. The van der Waals surface area contributed by atoms with Gasteiger partial charge in [0, 0.05) is 23.3 Å². The van der Waals surface area contributed by atoms with Gasteiger partial charge in [-0.3, -0.25) is 14.9 Å². The zero-order chi connectivity index (χ0) is 21.0. The Hall–Kier alpha value is -4.04. The van der Waals surface area contributed by atoms with E-state index in [1.54, 1.807) is 13.0 Å². The van der Waals surface area contributed by atoms with Gasteiger partial charge in [-0.1, -0.05) is 48.5 Å². The van der Waals surface area contributed by atoms with Crippen molar-refractivity contribution in [2.24, 2.45) is 16.9 Å². The third kappa shape index (κ3) is 3.83. The topological polar surface area (TPSA) is 123 Å².